The van der Waals surface area contributed by atoms with E-state index in [1.165, 1.54) is 0 Å². The number of nitrogens with zero attached hydrogens (tertiary/aromatic N) is 3. The molecule has 6 heteroatoms. The van der Waals surface area contributed by atoms with Crippen LogP contribution in [0.15, 0.2) is 36.4 Å². The Labute approximate surface area is 154 Å². The van der Waals surface area contributed by atoms with Crippen molar-refractivity contribution >= 4 is 17.5 Å². The van der Waals surface area contributed by atoms with E-state index in [2.05, 4.69) is 10.2 Å². The van der Waals surface area contributed by atoms with Crippen LogP contribution in [0.2, 0.25) is 0 Å². The van der Waals surface area contributed by atoms with Gasteiger partial charge in [-0.1, -0.05) is 32.0 Å². The van der Waals surface area contributed by atoms with Gasteiger partial charge in [-0.25, -0.2) is 0 Å². The molecule has 0 atom stereocenters. The van der Waals surface area contributed by atoms with E-state index in [1.807, 2.05) is 55.1 Å². The summed E-state index contributed by atoms with van der Waals surface area (Å²) in [5.41, 5.74) is 2.24. The summed E-state index contributed by atoms with van der Waals surface area (Å²) in [5.74, 6) is 0.429. The number of piperidine rings is 1. The van der Waals surface area contributed by atoms with Crippen molar-refractivity contribution in [1.29, 1.82) is 0 Å². The normalized spacial score (nSPS) is 15.3. The van der Waals surface area contributed by atoms with Gasteiger partial charge in [0.05, 0.1) is 0 Å². The lowest BCUT2D eigenvalue weighted by Crippen LogP contribution is -2.40. The summed E-state index contributed by atoms with van der Waals surface area (Å²) >= 11 is 0. The molecule has 1 aromatic heterocycles. The van der Waals surface area contributed by atoms with Crippen molar-refractivity contribution in [1.82, 2.24) is 15.1 Å². The van der Waals surface area contributed by atoms with Crippen LogP contribution in [0, 0.1) is 5.92 Å². The molecule has 1 aliphatic rings. The minimum Gasteiger partial charge on any atom is -0.342 e. The van der Waals surface area contributed by atoms with Crippen molar-refractivity contribution in [3.63, 3.8) is 0 Å². The number of amides is 2. The number of benzene rings is 1. The average Bonchev–Trinajstić information content (AvgIpc) is 3.17. The van der Waals surface area contributed by atoms with E-state index >= 15 is 0 Å². The number of nitrogens with one attached hydrogen (secondary N) is 1. The summed E-state index contributed by atoms with van der Waals surface area (Å²) in [6, 6.07) is 11.4. The molecule has 1 aromatic carbocycles. The van der Waals surface area contributed by atoms with E-state index in [9.17, 15) is 9.59 Å². The van der Waals surface area contributed by atoms with Gasteiger partial charge in [-0.3, -0.25) is 14.7 Å². The molecule has 0 aliphatic carbocycles. The molecule has 26 heavy (non-hydrogen) atoms. The van der Waals surface area contributed by atoms with E-state index < -0.39 is 0 Å². The number of anilines is 1. The Morgan fingerprint density at radius 1 is 1.19 bits per heavy atom. The summed E-state index contributed by atoms with van der Waals surface area (Å²) in [4.78, 5) is 28.3. The van der Waals surface area contributed by atoms with Gasteiger partial charge in [-0.2, -0.15) is 5.10 Å². The molecule has 6 nitrogen and oxygen atoms in total. The fourth-order valence-electron chi connectivity index (χ4n) is 3.37. The van der Waals surface area contributed by atoms with E-state index in [0.717, 1.165) is 37.3 Å². The highest BCUT2D eigenvalue weighted by Gasteiger charge is 2.27. The number of hydrogen-bond acceptors (Lipinski definition) is 3. The predicted molar refractivity (Wildman–Crippen MR) is 101 cm³/mol. The van der Waals surface area contributed by atoms with Crippen LogP contribution in [-0.2, 0) is 4.79 Å². The van der Waals surface area contributed by atoms with Gasteiger partial charge in [0.15, 0.2) is 5.69 Å². The standard InChI is InChI=1S/C20H26N4O2/c1-14(2)19(25)24-11-9-15(10-12-24)17-13-18(22-21-17)20(26)23(3)16-7-5-4-6-8-16/h4-8,13-15H,9-12H2,1-3H3,(H,21,22). The summed E-state index contributed by atoms with van der Waals surface area (Å²) in [7, 11) is 1.75. The van der Waals surface area contributed by atoms with Gasteiger partial charge in [0.1, 0.15) is 0 Å². The molecule has 1 fully saturated rings. The second-order valence-corrected chi connectivity index (χ2v) is 7.16. The number of H-pyrrole nitrogens is 1. The molecule has 2 heterocycles. The van der Waals surface area contributed by atoms with Crippen molar-refractivity contribution in [2.24, 2.45) is 5.92 Å². The van der Waals surface area contributed by atoms with Crippen molar-refractivity contribution in [3.8, 4) is 0 Å². The van der Waals surface area contributed by atoms with Crippen LogP contribution < -0.4 is 4.90 Å². The van der Waals surface area contributed by atoms with Gasteiger partial charge in [-0.05, 0) is 31.0 Å². The maximum atomic E-state index is 12.6. The van der Waals surface area contributed by atoms with Crippen LogP contribution >= 0.6 is 0 Å². The van der Waals surface area contributed by atoms with Gasteiger partial charge in [0, 0.05) is 43.4 Å². The third kappa shape index (κ3) is 3.79. The average molecular weight is 354 g/mol. The molecule has 0 radical (unpaired) electrons. The maximum absolute atomic E-state index is 12.6. The number of carbonyl (C=O) groups is 2. The second-order valence-electron chi connectivity index (χ2n) is 7.16. The van der Waals surface area contributed by atoms with E-state index in [1.54, 1.807) is 11.9 Å². The van der Waals surface area contributed by atoms with Gasteiger partial charge >= 0.3 is 0 Å². The Kier molecular flexibility index (Phi) is 5.40. The molecular formula is C20H26N4O2. The molecule has 138 valence electrons. The van der Waals surface area contributed by atoms with Gasteiger partial charge in [0.25, 0.3) is 5.91 Å². The Morgan fingerprint density at radius 2 is 1.85 bits per heavy atom. The highest BCUT2D eigenvalue weighted by atomic mass is 16.2. The number of likely N-dealkylation sites (tertiary alicyclic amines) is 1. The van der Waals surface area contributed by atoms with Gasteiger partial charge < -0.3 is 9.80 Å². The number of carbonyl (C=O) groups excluding carboxylic acids is 2. The van der Waals surface area contributed by atoms with Crippen LogP contribution in [-0.4, -0.2) is 47.0 Å². The van der Waals surface area contributed by atoms with E-state index in [4.69, 9.17) is 0 Å². The Balaban J connectivity index is 1.63. The maximum Gasteiger partial charge on any atom is 0.278 e. The molecule has 0 saturated carbocycles. The molecule has 2 amide bonds. The highest BCUT2D eigenvalue weighted by Crippen LogP contribution is 2.28. The first-order chi connectivity index (χ1) is 12.5. The zero-order valence-corrected chi connectivity index (χ0v) is 15.6. The lowest BCUT2D eigenvalue weighted by molar-refractivity contribution is -0.135. The number of para-hydroxylation sites is 1. The van der Waals surface area contributed by atoms with E-state index in [-0.39, 0.29) is 17.7 Å². The predicted octanol–water partition coefficient (Wildman–Crippen LogP) is 3.05. The fraction of sp³-hybridized carbons (Fsp3) is 0.450. The van der Waals surface area contributed by atoms with Gasteiger partial charge in [-0.15, -0.1) is 0 Å². The molecular weight excluding hydrogens is 328 g/mol. The zero-order valence-electron chi connectivity index (χ0n) is 15.6. The Morgan fingerprint density at radius 3 is 2.46 bits per heavy atom. The third-order valence-corrected chi connectivity index (χ3v) is 5.01. The minimum absolute atomic E-state index is 0.0384. The monoisotopic (exact) mass is 354 g/mol. The minimum atomic E-state index is -0.133. The molecule has 1 saturated heterocycles. The second kappa shape index (κ2) is 7.72. The lowest BCUT2D eigenvalue weighted by Gasteiger charge is -2.32. The number of aromatic nitrogens is 2. The lowest BCUT2D eigenvalue weighted by atomic mass is 9.93. The van der Waals surface area contributed by atoms with Crippen LogP contribution in [0.25, 0.3) is 0 Å². The zero-order chi connectivity index (χ0) is 18.7. The summed E-state index contributed by atoms with van der Waals surface area (Å²) in [5, 5.41) is 7.25. The first kappa shape index (κ1) is 18.2. The van der Waals surface area contributed by atoms with E-state index in [0.29, 0.717) is 11.6 Å². The smallest absolute Gasteiger partial charge is 0.278 e. The molecule has 0 spiro atoms. The van der Waals surface area contributed by atoms with Crippen molar-refractivity contribution in [2.75, 3.05) is 25.0 Å². The Hall–Kier alpha value is -2.63. The summed E-state index contributed by atoms with van der Waals surface area (Å²) in [6.07, 6.45) is 1.78. The number of aromatic amines is 1. The summed E-state index contributed by atoms with van der Waals surface area (Å²) in [6.45, 7) is 5.39. The Bertz CT molecular complexity index is 761. The highest BCUT2D eigenvalue weighted by molar-refractivity contribution is 6.04. The van der Waals surface area contributed by atoms with Crippen molar-refractivity contribution in [3.05, 3.63) is 47.8 Å². The molecule has 1 N–H and O–H groups in total. The van der Waals surface area contributed by atoms with Crippen LogP contribution in [0.4, 0.5) is 5.69 Å². The largest absolute Gasteiger partial charge is 0.342 e. The molecule has 1 aliphatic heterocycles. The van der Waals surface area contributed by atoms with Crippen molar-refractivity contribution in [2.45, 2.75) is 32.6 Å². The first-order valence-electron chi connectivity index (χ1n) is 9.14. The first-order valence-corrected chi connectivity index (χ1v) is 9.14. The van der Waals surface area contributed by atoms with Crippen molar-refractivity contribution < 1.29 is 9.59 Å². The van der Waals surface area contributed by atoms with Crippen LogP contribution in [0.3, 0.4) is 0 Å². The summed E-state index contributed by atoms with van der Waals surface area (Å²) < 4.78 is 0. The third-order valence-electron chi connectivity index (χ3n) is 5.01. The molecule has 0 bridgehead atoms. The topological polar surface area (TPSA) is 69.3 Å². The quantitative estimate of drug-likeness (QED) is 0.917. The van der Waals surface area contributed by atoms with Crippen LogP contribution in [0.5, 0.6) is 0 Å². The number of rotatable bonds is 4. The fourth-order valence-corrected chi connectivity index (χ4v) is 3.37. The molecule has 2 aromatic rings. The SMILES string of the molecule is CC(C)C(=O)N1CCC(c2cc(C(=O)N(C)c3ccccc3)n[nH]2)CC1. The van der Waals surface area contributed by atoms with Crippen LogP contribution in [0.1, 0.15) is 48.8 Å². The number of hydrogen-bond donors (Lipinski definition) is 1. The molecule has 3 rings (SSSR count). The van der Waals surface area contributed by atoms with Gasteiger partial charge in [0.2, 0.25) is 5.91 Å². The molecule has 0 unspecified atom stereocenters.